The fraction of sp³-hybridized carbons (Fsp3) is 0.682. The van der Waals surface area contributed by atoms with Gasteiger partial charge in [0, 0.05) is 58.4 Å². The maximum atomic E-state index is 13.0. The number of benzene rings is 1. The van der Waals surface area contributed by atoms with Crippen molar-refractivity contribution in [1.29, 1.82) is 0 Å². The van der Waals surface area contributed by atoms with Crippen LogP contribution in [0.1, 0.15) is 34.3 Å². The van der Waals surface area contributed by atoms with Crippen molar-refractivity contribution in [2.24, 2.45) is 11.3 Å². The van der Waals surface area contributed by atoms with Gasteiger partial charge in [-0.2, -0.15) is 0 Å². The lowest BCUT2D eigenvalue weighted by atomic mass is 9.71. The van der Waals surface area contributed by atoms with Gasteiger partial charge < -0.3 is 19.3 Å². The van der Waals surface area contributed by atoms with E-state index in [9.17, 15) is 4.79 Å². The number of methoxy groups -OCH3 is 2. The average Bonchev–Trinajstić information content (AvgIpc) is 2.99. The molecule has 0 aliphatic carbocycles. The first-order valence-corrected chi connectivity index (χ1v) is 10.1. The Morgan fingerprint density at radius 1 is 1.15 bits per heavy atom. The molecule has 1 aromatic carbocycles. The Labute approximate surface area is 163 Å². The van der Waals surface area contributed by atoms with Gasteiger partial charge in [0.05, 0.1) is 13.2 Å². The summed E-state index contributed by atoms with van der Waals surface area (Å²) in [7, 11) is 3.55. The minimum atomic E-state index is 0.172. The smallest absolute Gasteiger partial charge is 0.253 e. The molecular formula is C22H34N2O3. The number of amides is 1. The Balaban J connectivity index is 1.65. The quantitative estimate of drug-likeness (QED) is 0.768. The van der Waals surface area contributed by atoms with Gasteiger partial charge in [0.15, 0.2) is 0 Å². The number of piperidine rings is 1. The van der Waals surface area contributed by atoms with Crippen LogP contribution in [0.5, 0.6) is 0 Å². The second-order valence-corrected chi connectivity index (χ2v) is 8.33. The van der Waals surface area contributed by atoms with Crippen LogP contribution in [0.2, 0.25) is 0 Å². The van der Waals surface area contributed by atoms with Gasteiger partial charge >= 0.3 is 0 Å². The molecular weight excluding hydrogens is 340 g/mol. The molecule has 3 rings (SSSR count). The van der Waals surface area contributed by atoms with E-state index in [0.29, 0.717) is 5.92 Å². The van der Waals surface area contributed by atoms with Gasteiger partial charge in [0.25, 0.3) is 5.91 Å². The Morgan fingerprint density at radius 2 is 1.89 bits per heavy atom. The van der Waals surface area contributed by atoms with Crippen LogP contribution in [0.4, 0.5) is 0 Å². The van der Waals surface area contributed by atoms with Crippen LogP contribution in [0.25, 0.3) is 0 Å². The Morgan fingerprint density at radius 3 is 2.52 bits per heavy atom. The number of hydrogen-bond donors (Lipinski definition) is 0. The molecule has 2 heterocycles. The maximum Gasteiger partial charge on any atom is 0.253 e. The Hall–Kier alpha value is -1.43. The van der Waals surface area contributed by atoms with Gasteiger partial charge in [0.2, 0.25) is 0 Å². The highest BCUT2D eigenvalue weighted by molar-refractivity contribution is 5.94. The molecule has 0 N–H and O–H groups in total. The van der Waals surface area contributed by atoms with E-state index in [1.165, 1.54) is 11.1 Å². The average molecular weight is 375 g/mol. The summed E-state index contributed by atoms with van der Waals surface area (Å²) in [5.74, 6) is 0.712. The summed E-state index contributed by atoms with van der Waals surface area (Å²) in [4.78, 5) is 17.5. The van der Waals surface area contributed by atoms with Crippen molar-refractivity contribution < 1.29 is 14.3 Å². The molecule has 0 bridgehead atoms. The first kappa shape index (κ1) is 20.3. The summed E-state index contributed by atoms with van der Waals surface area (Å²) < 4.78 is 10.8. The highest BCUT2D eigenvalue weighted by Gasteiger charge is 2.48. The third-order valence-corrected chi connectivity index (χ3v) is 6.66. The standard InChI is InChI=1S/C22H34N2O3/c1-17-5-6-19(13-18(17)2)21(25)24-9-7-22(8-10-24)16-23(11-12-26-3)14-20(22)15-27-4/h5-6,13,20H,7-12,14-16H2,1-4H3. The summed E-state index contributed by atoms with van der Waals surface area (Å²) >= 11 is 0. The molecule has 1 aromatic rings. The zero-order chi connectivity index (χ0) is 19.4. The zero-order valence-corrected chi connectivity index (χ0v) is 17.3. The summed E-state index contributed by atoms with van der Waals surface area (Å²) in [6, 6.07) is 6.04. The highest BCUT2D eigenvalue weighted by Crippen LogP contribution is 2.45. The van der Waals surface area contributed by atoms with Gasteiger partial charge in [-0.05, 0) is 55.4 Å². The van der Waals surface area contributed by atoms with Crippen LogP contribution in [0, 0.1) is 25.2 Å². The molecule has 5 nitrogen and oxygen atoms in total. The molecule has 1 unspecified atom stereocenters. The molecule has 0 saturated carbocycles. The van der Waals surface area contributed by atoms with E-state index in [1.807, 2.05) is 23.1 Å². The molecule has 2 saturated heterocycles. The summed E-state index contributed by atoms with van der Waals surface area (Å²) in [6.07, 6.45) is 2.11. The van der Waals surface area contributed by atoms with Crippen molar-refractivity contribution in [3.05, 3.63) is 34.9 Å². The van der Waals surface area contributed by atoms with Gasteiger partial charge in [-0.25, -0.2) is 0 Å². The number of nitrogens with zero attached hydrogens (tertiary/aromatic N) is 2. The summed E-state index contributed by atoms with van der Waals surface area (Å²) in [5, 5.41) is 0. The van der Waals surface area contributed by atoms with Crippen LogP contribution in [0.15, 0.2) is 18.2 Å². The van der Waals surface area contributed by atoms with E-state index in [2.05, 4.69) is 18.7 Å². The van der Waals surface area contributed by atoms with Crippen LogP contribution < -0.4 is 0 Å². The Kier molecular flexibility index (Phi) is 6.56. The molecule has 5 heteroatoms. The van der Waals surface area contributed by atoms with E-state index in [1.54, 1.807) is 14.2 Å². The predicted molar refractivity (Wildman–Crippen MR) is 107 cm³/mol. The molecule has 0 radical (unpaired) electrons. The van der Waals surface area contributed by atoms with Crippen LogP contribution in [-0.2, 0) is 9.47 Å². The normalized spacial score (nSPS) is 22.5. The number of hydrogen-bond acceptors (Lipinski definition) is 4. The van der Waals surface area contributed by atoms with Crippen molar-refractivity contribution in [2.75, 3.05) is 60.2 Å². The fourth-order valence-electron chi connectivity index (χ4n) is 4.74. The van der Waals surface area contributed by atoms with Gasteiger partial charge in [-0.1, -0.05) is 6.07 Å². The van der Waals surface area contributed by atoms with Gasteiger partial charge in [0.1, 0.15) is 0 Å². The van der Waals surface area contributed by atoms with E-state index in [-0.39, 0.29) is 11.3 Å². The minimum absolute atomic E-state index is 0.172. The van der Waals surface area contributed by atoms with E-state index >= 15 is 0 Å². The third-order valence-electron chi connectivity index (χ3n) is 6.66. The van der Waals surface area contributed by atoms with Crippen molar-refractivity contribution in [1.82, 2.24) is 9.80 Å². The molecule has 27 heavy (non-hydrogen) atoms. The molecule has 1 amide bonds. The molecule has 0 aromatic heterocycles. The summed E-state index contributed by atoms with van der Waals surface area (Å²) in [6.45, 7) is 10.5. The van der Waals surface area contributed by atoms with Crippen LogP contribution in [0.3, 0.4) is 0 Å². The van der Waals surface area contributed by atoms with Crippen molar-refractivity contribution in [2.45, 2.75) is 26.7 Å². The molecule has 1 atom stereocenters. The zero-order valence-electron chi connectivity index (χ0n) is 17.3. The van der Waals surface area contributed by atoms with Gasteiger partial charge in [-0.3, -0.25) is 4.79 Å². The molecule has 150 valence electrons. The number of rotatable bonds is 6. The minimum Gasteiger partial charge on any atom is -0.384 e. The number of carbonyl (C=O) groups is 1. The molecule has 2 fully saturated rings. The topological polar surface area (TPSA) is 42.0 Å². The molecule has 1 spiro atoms. The molecule has 2 aliphatic heterocycles. The first-order chi connectivity index (χ1) is 13.0. The highest BCUT2D eigenvalue weighted by atomic mass is 16.5. The fourth-order valence-corrected chi connectivity index (χ4v) is 4.74. The monoisotopic (exact) mass is 374 g/mol. The van der Waals surface area contributed by atoms with Crippen molar-refractivity contribution in [3.8, 4) is 0 Å². The van der Waals surface area contributed by atoms with E-state index in [4.69, 9.17) is 9.47 Å². The first-order valence-electron chi connectivity index (χ1n) is 10.1. The lowest BCUT2D eigenvalue weighted by Crippen LogP contribution is -2.47. The van der Waals surface area contributed by atoms with Crippen molar-refractivity contribution >= 4 is 5.91 Å². The molecule has 2 aliphatic rings. The maximum absolute atomic E-state index is 13.0. The number of ether oxygens (including phenoxy) is 2. The third kappa shape index (κ3) is 4.36. The summed E-state index contributed by atoms with van der Waals surface area (Å²) in [5.41, 5.74) is 3.49. The lowest BCUT2D eigenvalue weighted by Gasteiger charge is -2.42. The second kappa shape index (κ2) is 8.72. The largest absolute Gasteiger partial charge is 0.384 e. The second-order valence-electron chi connectivity index (χ2n) is 8.33. The van der Waals surface area contributed by atoms with Gasteiger partial charge in [-0.15, -0.1) is 0 Å². The van der Waals surface area contributed by atoms with Crippen LogP contribution >= 0.6 is 0 Å². The SMILES string of the molecule is COCCN1CC(COC)C2(CCN(C(=O)c3ccc(C)c(C)c3)CC2)C1. The number of carbonyl (C=O) groups excluding carboxylic acids is 1. The van der Waals surface area contributed by atoms with Crippen molar-refractivity contribution in [3.63, 3.8) is 0 Å². The number of aryl methyl sites for hydroxylation is 2. The Bertz CT molecular complexity index is 653. The number of likely N-dealkylation sites (tertiary alicyclic amines) is 2. The van der Waals surface area contributed by atoms with E-state index in [0.717, 1.165) is 64.3 Å². The lowest BCUT2D eigenvalue weighted by molar-refractivity contribution is 0.0321. The van der Waals surface area contributed by atoms with Crippen LogP contribution in [-0.4, -0.2) is 75.9 Å². The predicted octanol–water partition coefficient (Wildman–Crippen LogP) is 2.75. The van der Waals surface area contributed by atoms with E-state index < -0.39 is 0 Å².